The molecule has 0 radical (unpaired) electrons. The Bertz CT molecular complexity index is 1190. The number of carbonyl (C=O) groups is 3. The molecule has 1 heterocycles. The normalized spacial score (nSPS) is 15.8. The molecule has 2 amide bonds. The van der Waals surface area contributed by atoms with Gasteiger partial charge in [-0.1, -0.05) is 18.2 Å². The van der Waals surface area contributed by atoms with Crippen molar-refractivity contribution in [3.05, 3.63) is 78.4 Å². The summed E-state index contributed by atoms with van der Waals surface area (Å²) in [6.07, 6.45) is -0.808. The van der Waals surface area contributed by atoms with Gasteiger partial charge < -0.3 is 19.9 Å². The Kier molecular flexibility index (Phi) is 5.99. The number of carbonyl (C=O) groups excluding carboxylic acids is 2. The molecule has 168 valence electrons. The minimum Gasteiger partial charge on any atom is -0.479 e. The first-order chi connectivity index (χ1) is 15.8. The van der Waals surface area contributed by atoms with E-state index < -0.39 is 29.9 Å². The molecule has 0 saturated carbocycles. The van der Waals surface area contributed by atoms with Gasteiger partial charge in [0.15, 0.2) is 6.10 Å². The number of nitrogens with one attached hydrogen (secondary N) is 1. The Labute approximate surface area is 190 Å². The Morgan fingerprint density at radius 2 is 1.70 bits per heavy atom. The first-order valence-corrected chi connectivity index (χ1v) is 10.3. The molecule has 8 nitrogen and oxygen atoms in total. The van der Waals surface area contributed by atoms with E-state index in [0.29, 0.717) is 22.9 Å². The molecular formula is C25H22N2O6. The predicted molar refractivity (Wildman–Crippen MR) is 122 cm³/mol. The lowest BCUT2D eigenvalue weighted by atomic mass is 10.1. The fourth-order valence-corrected chi connectivity index (χ4v) is 3.49. The average molecular weight is 446 g/mol. The zero-order valence-electron chi connectivity index (χ0n) is 18.0. The van der Waals surface area contributed by atoms with Crippen molar-refractivity contribution in [1.29, 1.82) is 0 Å². The first-order valence-electron chi connectivity index (χ1n) is 10.3. The molecule has 8 heteroatoms. The van der Waals surface area contributed by atoms with Gasteiger partial charge in [0, 0.05) is 5.69 Å². The van der Waals surface area contributed by atoms with Crippen molar-refractivity contribution in [2.75, 3.05) is 10.2 Å². The molecule has 1 aliphatic rings. The molecule has 3 aromatic rings. The van der Waals surface area contributed by atoms with E-state index >= 15 is 0 Å². The van der Waals surface area contributed by atoms with E-state index in [4.69, 9.17) is 9.47 Å². The summed E-state index contributed by atoms with van der Waals surface area (Å²) in [6.45, 7) is 3.16. The summed E-state index contributed by atoms with van der Waals surface area (Å²) >= 11 is 0. The molecule has 2 N–H and O–H groups in total. The highest BCUT2D eigenvalue weighted by molar-refractivity contribution is 6.08. The Morgan fingerprint density at radius 1 is 1.03 bits per heavy atom. The van der Waals surface area contributed by atoms with Crippen LogP contribution in [-0.4, -0.2) is 35.0 Å². The molecular weight excluding hydrogens is 424 g/mol. The second kappa shape index (κ2) is 9.04. The second-order valence-corrected chi connectivity index (χ2v) is 7.56. The van der Waals surface area contributed by atoms with E-state index in [1.807, 2.05) is 30.3 Å². The van der Waals surface area contributed by atoms with Gasteiger partial charge in [0.2, 0.25) is 5.91 Å². The van der Waals surface area contributed by atoms with Crippen LogP contribution < -0.4 is 19.7 Å². The van der Waals surface area contributed by atoms with Crippen molar-refractivity contribution in [3.8, 4) is 17.2 Å². The van der Waals surface area contributed by atoms with Gasteiger partial charge >= 0.3 is 5.97 Å². The Hall–Kier alpha value is -4.33. The lowest BCUT2D eigenvalue weighted by molar-refractivity contribution is -0.128. The number of carboxylic acids is 1. The summed E-state index contributed by atoms with van der Waals surface area (Å²) < 4.78 is 11.3. The zero-order valence-corrected chi connectivity index (χ0v) is 18.0. The largest absolute Gasteiger partial charge is 0.479 e. The quantitative estimate of drug-likeness (QED) is 0.584. The van der Waals surface area contributed by atoms with Crippen molar-refractivity contribution < 1.29 is 29.0 Å². The highest BCUT2D eigenvalue weighted by Gasteiger charge is 2.37. The van der Waals surface area contributed by atoms with Gasteiger partial charge in [0.1, 0.15) is 23.3 Å². The minimum atomic E-state index is -1.14. The second-order valence-electron chi connectivity index (χ2n) is 7.56. The van der Waals surface area contributed by atoms with Crippen LogP contribution in [0.4, 0.5) is 11.4 Å². The van der Waals surface area contributed by atoms with Crippen LogP contribution >= 0.6 is 0 Å². The van der Waals surface area contributed by atoms with Gasteiger partial charge in [-0.2, -0.15) is 0 Å². The van der Waals surface area contributed by atoms with E-state index in [0.717, 1.165) is 0 Å². The fourth-order valence-electron chi connectivity index (χ4n) is 3.49. The number of hydrogen-bond acceptors (Lipinski definition) is 5. The number of aromatic carboxylic acids is 1. The first kappa shape index (κ1) is 21.9. The maximum absolute atomic E-state index is 13.0. The van der Waals surface area contributed by atoms with Gasteiger partial charge in [0.05, 0.1) is 11.3 Å². The van der Waals surface area contributed by atoms with Gasteiger partial charge in [-0.3, -0.25) is 14.5 Å². The molecule has 0 fully saturated rings. The van der Waals surface area contributed by atoms with Crippen molar-refractivity contribution in [2.45, 2.75) is 26.0 Å². The number of ether oxygens (including phenoxy) is 2. The molecule has 0 saturated heterocycles. The van der Waals surface area contributed by atoms with Crippen molar-refractivity contribution in [3.63, 3.8) is 0 Å². The third-order valence-corrected chi connectivity index (χ3v) is 5.22. The number of anilines is 2. The summed E-state index contributed by atoms with van der Waals surface area (Å²) in [5.41, 5.74) is 0.763. The summed E-state index contributed by atoms with van der Waals surface area (Å²) in [4.78, 5) is 38.5. The number of hydrogen-bond donors (Lipinski definition) is 2. The summed E-state index contributed by atoms with van der Waals surface area (Å²) in [5.74, 6) is -0.352. The number of nitrogens with zero attached hydrogens (tertiary/aromatic N) is 1. The molecule has 4 rings (SSSR count). The molecule has 33 heavy (non-hydrogen) atoms. The average Bonchev–Trinajstić information content (AvgIpc) is 2.81. The lowest BCUT2D eigenvalue weighted by Crippen LogP contribution is -2.52. The highest BCUT2D eigenvalue weighted by Crippen LogP contribution is 2.36. The van der Waals surface area contributed by atoms with Crippen LogP contribution in [0.1, 0.15) is 24.2 Å². The third-order valence-electron chi connectivity index (χ3n) is 5.22. The van der Waals surface area contributed by atoms with E-state index in [-0.39, 0.29) is 11.3 Å². The molecule has 0 spiro atoms. The molecule has 2 atom stereocenters. The number of amides is 2. The Balaban J connectivity index is 1.51. The van der Waals surface area contributed by atoms with E-state index in [2.05, 4.69) is 5.32 Å². The van der Waals surface area contributed by atoms with Gasteiger partial charge in [-0.25, -0.2) is 4.79 Å². The molecule has 0 bridgehead atoms. The SMILES string of the molecule is CC1Oc2ccc(C(=O)O)cc2N(C(C)C(=O)Nc2ccc(Oc3ccccc3)cc2)C1=O. The van der Waals surface area contributed by atoms with Crippen LogP contribution in [0.5, 0.6) is 17.2 Å². The smallest absolute Gasteiger partial charge is 0.335 e. The van der Waals surface area contributed by atoms with Crippen LogP contribution in [0.3, 0.4) is 0 Å². The summed E-state index contributed by atoms with van der Waals surface area (Å²) in [7, 11) is 0. The van der Waals surface area contributed by atoms with E-state index in [1.165, 1.54) is 23.1 Å². The molecule has 0 aliphatic carbocycles. The van der Waals surface area contributed by atoms with Gasteiger partial charge in [-0.05, 0) is 68.4 Å². The predicted octanol–water partition coefficient (Wildman–Crippen LogP) is 4.32. The van der Waals surface area contributed by atoms with Crippen LogP contribution in [0.2, 0.25) is 0 Å². The monoisotopic (exact) mass is 446 g/mol. The van der Waals surface area contributed by atoms with Gasteiger partial charge in [-0.15, -0.1) is 0 Å². The van der Waals surface area contributed by atoms with E-state index in [9.17, 15) is 19.5 Å². The van der Waals surface area contributed by atoms with Crippen LogP contribution in [0, 0.1) is 0 Å². The van der Waals surface area contributed by atoms with E-state index in [1.54, 1.807) is 38.1 Å². The number of benzene rings is 3. The third kappa shape index (κ3) is 4.64. The topological polar surface area (TPSA) is 105 Å². The van der Waals surface area contributed by atoms with Crippen LogP contribution in [0.15, 0.2) is 72.8 Å². The molecule has 3 aromatic carbocycles. The van der Waals surface area contributed by atoms with Gasteiger partial charge in [0.25, 0.3) is 5.91 Å². The van der Waals surface area contributed by atoms with Crippen molar-refractivity contribution in [2.24, 2.45) is 0 Å². The minimum absolute atomic E-state index is 0.00804. The maximum Gasteiger partial charge on any atom is 0.335 e. The maximum atomic E-state index is 13.0. The number of rotatable bonds is 6. The number of carboxylic acid groups (broad SMARTS) is 1. The standard InChI is InChI=1S/C25H22N2O6/c1-15(27-21-14-17(25(30)31)8-13-22(21)32-16(2)24(27)29)23(28)26-18-9-11-20(12-10-18)33-19-6-4-3-5-7-19/h3-16H,1-2H3,(H,26,28)(H,30,31). The number of fused-ring (bicyclic) bond motifs is 1. The van der Waals surface area contributed by atoms with Crippen molar-refractivity contribution >= 4 is 29.2 Å². The number of para-hydroxylation sites is 1. The molecule has 1 aliphatic heterocycles. The molecule has 0 aromatic heterocycles. The molecule has 2 unspecified atom stereocenters. The lowest BCUT2D eigenvalue weighted by Gasteiger charge is -2.36. The van der Waals surface area contributed by atoms with Crippen LogP contribution in [-0.2, 0) is 9.59 Å². The zero-order chi connectivity index (χ0) is 23.5. The summed E-state index contributed by atoms with van der Waals surface area (Å²) in [5, 5.41) is 12.1. The Morgan fingerprint density at radius 3 is 2.36 bits per heavy atom. The highest BCUT2D eigenvalue weighted by atomic mass is 16.5. The fraction of sp³-hybridized carbons (Fsp3) is 0.160. The van der Waals surface area contributed by atoms with Crippen LogP contribution in [0.25, 0.3) is 0 Å². The van der Waals surface area contributed by atoms with Crippen molar-refractivity contribution in [1.82, 2.24) is 0 Å². The summed E-state index contributed by atoms with van der Waals surface area (Å²) in [6, 6.07) is 19.5.